The van der Waals surface area contributed by atoms with E-state index in [-0.39, 0.29) is 0 Å². The van der Waals surface area contributed by atoms with E-state index in [9.17, 15) is 0 Å². The molecule has 80 heavy (non-hydrogen) atoms. The highest BCUT2D eigenvalue weighted by Gasteiger charge is 2.15. The molecule has 0 N–H and O–H groups in total. The van der Waals surface area contributed by atoms with E-state index in [0.717, 1.165) is 56.4 Å². The maximum Gasteiger partial charge on any atom is 0.123 e. The van der Waals surface area contributed by atoms with Crippen LogP contribution in [0.5, 0.6) is 23.0 Å². The molecule has 0 spiro atoms. The zero-order valence-electron chi connectivity index (χ0n) is 45.5. The van der Waals surface area contributed by atoms with Gasteiger partial charge < -0.3 is 37.9 Å². The molecule has 408 valence electrons. The van der Waals surface area contributed by atoms with E-state index in [1.807, 2.05) is 12.1 Å². The van der Waals surface area contributed by atoms with E-state index < -0.39 is 0 Å². The minimum Gasteiger partial charge on any atom is -0.489 e. The Bertz CT molecular complexity index is 3150. The normalized spacial score (nSPS) is 14.9. The standard InChI is InChI=1S/C70H70N2O8/c1-5-13-63-37-53(17-21-59(63)9-1)49-77-67-41-57(42-68(45-67)78-50-54-18-22-60-10-2-6-14-64(60)38-54)47-71-25-29-73-33-35-75-31-27-72(28-32-76-36-34-74-30-26-71)48-58-43-69(79-51-55-19-23-61-11-3-7-15-65(61)39-55)46-70(44-58)80-52-56-20-24-62-12-4-8-16-66(62)40-56/h1-24,37-46H,25-36,47-52H2. The Labute approximate surface area is 469 Å². The molecule has 10 nitrogen and oxygen atoms in total. The third kappa shape index (κ3) is 15.7. The summed E-state index contributed by atoms with van der Waals surface area (Å²) in [7, 11) is 0. The van der Waals surface area contributed by atoms with Crippen molar-refractivity contribution in [1.29, 1.82) is 0 Å². The van der Waals surface area contributed by atoms with Crippen LogP contribution in [0, 0.1) is 0 Å². The molecule has 0 unspecified atom stereocenters. The van der Waals surface area contributed by atoms with E-state index in [4.69, 9.17) is 37.9 Å². The van der Waals surface area contributed by atoms with Gasteiger partial charge in [0.2, 0.25) is 0 Å². The third-order valence-electron chi connectivity index (χ3n) is 14.5. The average molecular weight is 1070 g/mol. The fourth-order valence-electron chi connectivity index (χ4n) is 10.2. The Morgan fingerprint density at radius 2 is 0.500 bits per heavy atom. The Morgan fingerprint density at radius 3 is 0.762 bits per heavy atom. The van der Waals surface area contributed by atoms with Gasteiger partial charge in [0.05, 0.1) is 52.9 Å². The number of ether oxygens (including phenoxy) is 8. The molecule has 10 aromatic rings. The van der Waals surface area contributed by atoms with Gasteiger partial charge in [0.25, 0.3) is 0 Å². The summed E-state index contributed by atoms with van der Waals surface area (Å²) in [5.41, 5.74) is 6.59. The molecule has 11 rings (SSSR count). The Hall–Kier alpha value is -7.80. The lowest BCUT2D eigenvalue weighted by Crippen LogP contribution is -2.32. The number of fused-ring (bicyclic) bond motifs is 4. The van der Waals surface area contributed by atoms with E-state index in [1.165, 1.54) is 43.1 Å². The molecule has 10 aromatic carbocycles. The Morgan fingerprint density at radius 1 is 0.250 bits per heavy atom. The summed E-state index contributed by atoms with van der Waals surface area (Å²) in [5.74, 6) is 3.03. The van der Waals surface area contributed by atoms with Gasteiger partial charge >= 0.3 is 0 Å². The second-order valence-electron chi connectivity index (χ2n) is 20.5. The molecule has 0 atom stereocenters. The van der Waals surface area contributed by atoms with Crippen molar-refractivity contribution in [3.8, 4) is 23.0 Å². The molecule has 1 fully saturated rings. The van der Waals surface area contributed by atoms with Crippen molar-refractivity contribution in [3.05, 3.63) is 240 Å². The van der Waals surface area contributed by atoms with Gasteiger partial charge in [-0.2, -0.15) is 0 Å². The van der Waals surface area contributed by atoms with Crippen LogP contribution in [0.2, 0.25) is 0 Å². The van der Waals surface area contributed by atoms with Crippen LogP contribution in [-0.2, 0) is 58.5 Å². The molecule has 1 aliphatic heterocycles. The SMILES string of the molecule is c1ccc2cc(COc3cc(CN4CCOCCOCCN(Cc5cc(OCc6ccc7ccccc7c6)cc(OCc6ccc7ccccc7c6)c5)CCOCCOCC4)cc(OCc4ccc5ccccc5c4)c3)ccc2c1. The first-order valence-electron chi connectivity index (χ1n) is 28.0. The molecule has 10 heteroatoms. The van der Waals surface area contributed by atoms with Gasteiger partial charge in [0, 0.05) is 51.4 Å². The summed E-state index contributed by atoms with van der Waals surface area (Å²) >= 11 is 0. The van der Waals surface area contributed by atoms with E-state index in [2.05, 4.69) is 204 Å². The van der Waals surface area contributed by atoms with Crippen LogP contribution >= 0.6 is 0 Å². The summed E-state index contributed by atoms with van der Waals surface area (Å²) in [4.78, 5) is 4.73. The van der Waals surface area contributed by atoms with Crippen LogP contribution in [-0.4, -0.2) is 88.8 Å². The highest BCUT2D eigenvalue weighted by Crippen LogP contribution is 2.30. The van der Waals surface area contributed by atoms with Crippen molar-refractivity contribution in [2.75, 3.05) is 79.0 Å². The first kappa shape index (κ1) is 54.2. The predicted molar refractivity (Wildman–Crippen MR) is 320 cm³/mol. The molecule has 1 aliphatic rings. The van der Waals surface area contributed by atoms with Crippen molar-refractivity contribution in [2.24, 2.45) is 0 Å². The van der Waals surface area contributed by atoms with Crippen molar-refractivity contribution in [2.45, 2.75) is 39.5 Å². The van der Waals surface area contributed by atoms with Gasteiger partial charge in [-0.25, -0.2) is 0 Å². The van der Waals surface area contributed by atoms with E-state index >= 15 is 0 Å². The average Bonchev–Trinajstić information content (AvgIpc) is 3.50. The van der Waals surface area contributed by atoms with Crippen LogP contribution < -0.4 is 18.9 Å². The topological polar surface area (TPSA) is 80.3 Å². The molecule has 0 aromatic heterocycles. The largest absolute Gasteiger partial charge is 0.489 e. The lowest BCUT2D eigenvalue weighted by Gasteiger charge is -2.24. The van der Waals surface area contributed by atoms with Gasteiger partial charge in [-0.05, 0) is 125 Å². The second-order valence-corrected chi connectivity index (χ2v) is 20.5. The van der Waals surface area contributed by atoms with Crippen LogP contribution in [0.3, 0.4) is 0 Å². The maximum atomic E-state index is 6.52. The van der Waals surface area contributed by atoms with Gasteiger partial charge in [0.1, 0.15) is 49.4 Å². The highest BCUT2D eigenvalue weighted by molar-refractivity contribution is 5.85. The lowest BCUT2D eigenvalue weighted by molar-refractivity contribution is 0.00621. The van der Waals surface area contributed by atoms with E-state index in [1.54, 1.807) is 0 Å². The molecule has 1 heterocycles. The van der Waals surface area contributed by atoms with Gasteiger partial charge in [-0.3, -0.25) is 9.80 Å². The van der Waals surface area contributed by atoms with Gasteiger partial charge in [0.15, 0.2) is 0 Å². The van der Waals surface area contributed by atoms with Crippen LogP contribution in [0.15, 0.2) is 206 Å². The zero-order valence-corrected chi connectivity index (χ0v) is 45.5. The van der Waals surface area contributed by atoms with Crippen LogP contribution in [0.1, 0.15) is 33.4 Å². The van der Waals surface area contributed by atoms with Gasteiger partial charge in [-0.1, -0.05) is 146 Å². The summed E-state index contributed by atoms with van der Waals surface area (Å²) in [5, 5.41) is 9.60. The second kappa shape index (κ2) is 27.9. The number of hydrogen-bond donors (Lipinski definition) is 0. The number of hydrogen-bond acceptors (Lipinski definition) is 10. The van der Waals surface area contributed by atoms with Crippen LogP contribution in [0.4, 0.5) is 0 Å². The number of rotatable bonds is 16. The first-order valence-corrected chi connectivity index (χ1v) is 28.0. The summed E-state index contributed by atoms with van der Waals surface area (Å²) < 4.78 is 50.9. The maximum absolute atomic E-state index is 6.52. The fourth-order valence-corrected chi connectivity index (χ4v) is 10.2. The van der Waals surface area contributed by atoms with Crippen molar-refractivity contribution >= 4 is 43.1 Å². The number of nitrogens with zero attached hydrogens (tertiary/aromatic N) is 2. The highest BCUT2D eigenvalue weighted by atomic mass is 16.5. The third-order valence-corrected chi connectivity index (χ3v) is 14.5. The fraction of sp³-hybridized carbons (Fsp3) is 0.257. The molecule has 0 saturated carbocycles. The molecule has 0 amide bonds. The minimum absolute atomic E-state index is 0.438. The molecular weight excluding hydrogens is 997 g/mol. The van der Waals surface area contributed by atoms with Crippen LogP contribution in [0.25, 0.3) is 43.1 Å². The van der Waals surface area contributed by atoms with Gasteiger partial charge in [-0.15, -0.1) is 0 Å². The van der Waals surface area contributed by atoms with Crippen molar-refractivity contribution in [1.82, 2.24) is 9.80 Å². The monoisotopic (exact) mass is 1070 g/mol. The van der Waals surface area contributed by atoms with E-state index in [0.29, 0.717) is 119 Å². The zero-order chi connectivity index (χ0) is 54.0. The molecule has 1 saturated heterocycles. The Balaban J connectivity index is 0.714. The summed E-state index contributed by atoms with van der Waals surface area (Å²) in [6.07, 6.45) is 0. The quantitative estimate of drug-likeness (QED) is 0.0933. The molecule has 0 radical (unpaired) electrons. The van der Waals surface area contributed by atoms with Crippen molar-refractivity contribution < 1.29 is 37.9 Å². The first-order chi connectivity index (χ1) is 39.6. The van der Waals surface area contributed by atoms with Crippen molar-refractivity contribution in [3.63, 3.8) is 0 Å². The summed E-state index contributed by atoms with van der Waals surface area (Å²) in [6, 6.07) is 72.0. The summed E-state index contributed by atoms with van der Waals surface area (Å²) in [6.45, 7) is 10.1. The predicted octanol–water partition coefficient (Wildman–Crippen LogP) is 14.0. The lowest BCUT2D eigenvalue weighted by atomic mass is 10.1. The molecular formula is C70H70N2O8. The molecule has 0 aliphatic carbocycles. The number of benzene rings is 10. The smallest absolute Gasteiger partial charge is 0.123 e. The minimum atomic E-state index is 0.438. The Kier molecular flexibility index (Phi) is 18.9. The molecule has 0 bridgehead atoms.